The van der Waals surface area contributed by atoms with Crippen molar-refractivity contribution < 1.29 is 4.79 Å². The van der Waals surface area contributed by atoms with Crippen molar-refractivity contribution >= 4 is 28.4 Å². The van der Waals surface area contributed by atoms with E-state index in [0.29, 0.717) is 6.54 Å². The number of carbonyl (C=O) groups excluding carboxylic acids is 1. The van der Waals surface area contributed by atoms with E-state index in [-0.39, 0.29) is 6.03 Å². The second-order valence-electron chi connectivity index (χ2n) is 7.66. The van der Waals surface area contributed by atoms with Gasteiger partial charge in [-0.1, -0.05) is 42.5 Å². The predicted octanol–water partition coefficient (Wildman–Crippen LogP) is 4.49. The lowest BCUT2D eigenvalue weighted by molar-refractivity contribution is 0.215. The van der Waals surface area contributed by atoms with Gasteiger partial charge >= 0.3 is 6.03 Å². The van der Waals surface area contributed by atoms with Crippen molar-refractivity contribution in [2.24, 2.45) is 0 Å². The first-order chi connectivity index (χ1) is 14.6. The summed E-state index contributed by atoms with van der Waals surface area (Å²) in [4.78, 5) is 21.7. The van der Waals surface area contributed by atoms with Gasteiger partial charge in [-0.05, 0) is 43.0 Å². The maximum atomic E-state index is 12.8. The second-order valence-corrected chi connectivity index (χ2v) is 8.39. The number of benzene rings is 2. The zero-order valence-electron chi connectivity index (χ0n) is 17.5. The average molecular weight is 422 g/mol. The van der Waals surface area contributed by atoms with Crippen LogP contribution in [0.25, 0.3) is 0 Å². The van der Waals surface area contributed by atoms with E-state index in [0.717, 1.165) is 54.7 Å². The third kappa shape index (κ3) is 4.79. The maximum Gasteiger partial charge on any atom is 0.321 e. The van der Waals surface area contributed by atoms with Gasteiger partial charge in [0.2, 0.25) is 5.13 Å². The summed E-state index contributed by atoms with van der Waals surface area (Å²) in [5.74, 6) is 0.856. The summed E-state index contributed by atoms with van der Waals surface area (Å²) in [5.41, 5.74) is 4.39. The Balaban J connectivity index is 1.36. The summed E-state index contributed by atoms with van der Waals surface area (Å²) in [6.45, 7) is 7.15. The number of nitrogens with zero attached hydrogens (tertiary/aromatic N) is 4. The van der Waals surface area contributed by atoms with E-state index in [1.54, 1.807) is 0 Å². The Morgan fingerprint density at radius 2 is 1.87 bits per heavy atom. The third-order valence-electron chi connectivity index (χ3n) is 5.56. The Labute approximate surface area is 181 Å². The molecule has 1 aliphatic heterocycles. The molecule has 0 bridgehead atoms. The van der Waals surface area contributed by atoms with Crippen LogP contribution in [0, 0.1) is 13.8 Å². The van der Waals surface area contributed by atoms with E-state index in [4.69, 9.17) is 4.98 Å². The van der Waals surface area contributed by atoms with Gasteiger partial charge in [-0.15, -0.1) is 0 Å². The zero-order valence-corrected chi connectivity index (χ0v) is 18.3. The highest BCUT2D eigenvalue weighted by Crippen LogP contribution is 2.22. The molecule has 3 aromatic rings. The van der Waals surface area contributed by atoms with Crippen LogP contribution >= 0.6 is 11.5 Å². The van der Waals surface area contributed by atoms with Crippen LogP contribution in [0.2, 0.25) is 0 Å². The molecule has 0 spiro atoms. The molecule has 1 aromatic heterocycles. The Hall–Kier alpha value is -2.93. The second kappa shape index (κ2) is 9.26. The molecule has 2 heterocycles. The molecule has 156 valence electrons. The molecule has 4 rings (SSSR count). The van der Waals surface area contributed by atoms with Gasteiger partial charge in [-0.2, -0.15) is 4.37 Å². The molecule has 1 aliphatic rings. The standard InChI is InChI=1S/C23H27N5OS/c1-17-8-6-11-20(18(17)2)24-22(29)27-12-7-13-28(15-14-27)23-25-21(26-30-23)16-19-9-4-3-5-10-19/h3-6,8-11H,7,12-16H2,1-2H3,(H,24,29). The number of aromatic nitrogens is 2. The first-order valence-corrected chi connectivity index (χ1v) is 11.1. The molecule has 0 atom stereocenters. The van der Waals surface area contributed by atoms with Crippen molar-refractivity contribution in [1.82, 2.24) is 14.3 Å². The van der Waals surface area contributed by atoms with Crippen molar-refractivity contribution in [2.45, 2.75) is 26.7 Å². The number of hydrogen-bond acceptors (Lipinski definition) is 5. The largest absolute Gasteiger partial charge is 0.345 e. The minimum absolute atomic E-state index is 0.0346. The lowest BCUT2D eigenvalue weighted by Gasteiger charge is -2.22. The molecule has 6 nitrogen and oxygen atoms in total. The Kier molecular flexibility index (Phi) is 6.28. The van der Waals surface area contributed by atoms with Crippen molar-refractivity contribution in [1.29, 1.82) is 0 Å². The Bertz CT molecular complexity index is 1000. The topological polar surface area (TPSA) is 61.4 Å². The van der Waals surface area contributed by atoms with E-state index in [9.17, 15) is 4.79 Å². The van der Waals surface area contributed by atoms with Gasteiger partial charge in [-0.3, -0.25) is 0 Å². The molecule has 0 radical (unpaired) electrons. The van der Waals surface area contributed by atoms with Crippen LogP contribution < -0.4 is 10.2 Å². The van der Waals surface area contributed by atoms with Crippen LogP contribution in [-0.4, -0.2) is 46.5 Å². The molecule has 1 N–H and O–H groups in total. The highest BCUT2D eigenvalue weighted by Gasteiger charge is 2.22. The predicted molar refractivity (Wildman–Crippen MR) is 122 cm³/mol. The normalized spacial score (nSPS) is 14.5. The van der Waals surface area contributed by atoms with Crippen LogP contribution in [0.5, 0.6) is 0 Å². The third-order valence-corrected chi connectivity index (χ3v) is 6.38. The molecular weight excluding hydrogens is 394 g/mol. The fourth-order valence-corrected chi connectivity index (χ4v) is 4.35. The SMILES string of the molecule is Cc1cccc(NC(=O)N2CCCN(c3nc(Cc4ccccc4)ns3)CC2)c1C. The van der Waals surface area contributed by atoms with Gasteiger partial charge in [0, 0.05) is 49.8 Å². The number of anilines is 2. The minimum atomic E-state index is -0.0346. The summed E-state index contributed by atoms with van der Waals surface area (Å²) >= 11 is 1.45. The van der Waals surface area contributed by atoms with E-state index < -0.39 is 0 Å². The number of nitrogens with one attached hydrogen (secondary N) is 1. The van der Waals surface area contributed by atoms with Crippen LogP contribution in [0.1, 0.15) is 28.9 Å². The highest BCUT2D eigenvalue weighted by molar-refractivity contribution is 7.09. The van der Waals surface area contributed by atoms with E-state index in [1.165, 1.54) is 22.7 Å². The number of carbonyl (C=O) groups is 1. The summed E-state index contributed by atoms with van der Waals surface area (Å²) < 4.78 is 4.54. The summed E-state index contributed by atoms with van der Waals surface area (Å²) in [7, 11) is 0. The molecule has 0 saturated carbocycles. The lowest BCUT2D eigenvalue weighted by atomic mass is 10.1. The fraction of sp³-hybridized carbons (Fsp3) is 0.348. The number of aryl methyl sites for hydroxylation is 1. The maximum absolute atomic E-state index is 12.8. The van der Waals surface area contributed by atoms with Gasteiger partial charge in [0.05, 0.1) is 0 Å². The molecular formula is C23H27N5OS. The van der Waals surface area contributed by atoms with Gasteiger partial charge < -0.3 is 15.1 Å². The minimum Gasteiger partial charge on any atom is -0.345 e. The Morgan fingerprint density at radius 3 is 2.70 bits per heavy atom. The summed E-state index contributed by atoms with van der Waals surface area (Å²) in [5, 5.41) is 4.02. The van der Waals surface area contributed by atoms with Crippen molar-refractivity contribution in [3.8, 4) is 0 Å². The molecule has 0 unspecified atom stereocenters. The van der Waals surface area contributed by atoms with Crippen LogP contribution in [0.4, 0.5) is 15.6 Å². The first-order valence-electron chi connectivity index (χ1n) is 10.3. The smallest absolute Gasteiger partial charge is 0.321 e. The summed E-state index contributed by atoms with van der Waals surface area (Å²) in [6, 6.07) is 16.2. The first kappa shape index (κ1) is 20.3. The van der Waals surface area contributed by atoms with Gasteiger partial charge in [0.1, 0.15) is 5.82 Å². The lowest BCUT2D eigenvalue weighted by Crippen LogP contribution is -2.38. The number of rotatable bonds is 4. The van der Waals surface area contributed by atoms with Crippen LogP contribution in [0.15, 0.2) is 48.5 Å². The zero-order chi connectivity index (χ0) is 20.9. The number of urea groups is 1. The van der Waals surface area contributed by atoms with Gasteiger partial charge in [-0.25, -0.2) is 9.78 Å². The monoisotopic (exact) mass is 421 g/mol. The molecule has 2 aromatic carbocycles. The molecule has 30 heavy (non-hydrogen) atoms. The molecule has 1 fully saturated rings. The average Bonchev–Trinajstić information content (AvgIpc) is 3.06. The van der Waals surface area contributed by atoms with Crippen LogP contribution in [-0.2, 0) is 6.42 Å². The van der Waals surface area contributed by atoms with Gasteiger partial charge in [0.15, 0.2) is 0 Å². The molecule has 0 aliphatic carbocycles. The quantitative estimate of drug-likeness (QED) is 0.674. The van der Waals surface area contributed by atoms with Crippen molar-refractivity contribution in [3.63, 3.8) is 0 Å². The molecule has 2 amide bonds. The Morgan fingerprint density at radius 1 is 1.03 bits per heavy atom. The molecule has 7 heteroatoms. The van der Waals surface area contributed by atoms with E-state index in [2.05, 4.69) is 39.7 Å². The van der Waals surface area contributed by atoms with E-state index in [1.807, 2.05) is 42.2 Å². The van der Waals surface area contributed by atoms with Crippen molar-refractivity contribution in [3.05, 3.63) is 71.0 Å². The molecule has 1 saturated heterocycles. The number of hydrogen-bond donors (Lipinski definition) is 1. The van der Waals surface area contributed by atoms with Crippen LogP contribution in [0.3, 0.4) is 0 Å². The summed E-state index contributed by atoms with van der Waals surface area (Å²) in [6.07, 6.45) is 1.66. The fourth-order valence-electron chi connectivity index (χ4n) is 3.62. The van der Waals surface area contributed by atoms with E-state index >= 15 is 0 Å². The number of amides is 2. The van der Waals surface area contributed by atoms with Gasteiger partial charge in [0.25, 0.3) is 0 Å². The van der Waals surface area contributed by atoms with Crippen molar-refractivity contribution in [2.75, 3.05) is 36.4 Å². The highest BCUT2D eigenvalue weighted by atomic mass is 32.1.